The summed E-state index contributed by atoms with van der Waals surface area (Å²) in [5.41, 5.74) is 1.96. The van der Waals surface area contributed by atoms with Crippen molar-refractivity contribution in [2.45, 2.75) is 46.1 Å². The van der Waals surface area contributed by atoms with E-state index in [9.17, 15) is 0 Å². The fourth-order valence-electron chi connectivity index (χ4n) is 3.42. The number of aromatic amines is 1. The van der Waals surface area contributed by atoms with Crippen LogP contribution in [-0.2, 0) is 11.3 Å². The first-order valence-corrected chi connectivity index (χ1v) is 11.8. The maximum absolute atomic E-state index is 5.98. The van der Waals surface area contributed by atoms with E-state index < -0.39 is 0 Å². The van der Waals surface area contributed by atoms with Crippen molar-refractivity contribution in [1.82, 2.24) is 30.2 Å². The van der Waals surface area contributed by atoms with Gasteiger partial charge in [-0.2, -0.15) is 15.1 Å². The molecule has 1 fully saturated rings. The maximum Gasteiger partial charge on any atom is 0.228 e. The molecule has 0 aromatic carbocycles. The largest absolute Gasteiger partial charge is 0.476 e. The van der Waals surface area contributed by atoms with Crippen LogP contribution in [0.3, 0.4) is 0 Å². The number of ether oxygens (including phenoxy) is 2. The van der Waals surface area contributed by atoms with E-state index in [0.717, 1.165) is 44.2 Å². The molecule has 184 valence electrons. The molecule has 0 atom stereocenters. The Hall–Kier alpha value is -3.18. The van der Waals surface area contributed by atoms with E-state index in [2.05, 4.69) is 68.6 Å². The van der Waals surface area contributed by atoms with Gasteiger partial charge >= 0.3 is 0 Å². The summed E-state index contributed by atoms with van der Waals surface area (Å²) in [6.45, 7) is 13.5. The number of morpholine rings is 1. The van der Waals surface area contributed by atoms with E-state index in [4.69, 9.17) is 14.0 Å². The van der Waals surface area contributed by atoms with Gasteiger partial charge < -0.3 is 24.6 Å². The van der Waals surface area contributed by atoms with Gasteiger partial charge in [0, 0.05) is 43.5 Å². The summed E-state index contributed by atoms with van der Waals surface area (Å²) in [5, 5.41) is 17.9. The summed E-state index contributed by atoms with van der Waals surface area (Å²) in [5.74, 6) is 3.54. The Morgan fingerprint density at radius 3 is 2.59 bits per heavy atom. The van der Waals surface area contributed by atoms with Crippen LogP contribution in [0.15, 0.2) is 22.7 Å². The van der Waals surface area contributed by atoms with Crippen molar-refractivity contribution in [3.05, 3.63) is 35.3 Å². The molecule has 4 rings (SSSR count). The minimum Gasteiger partial charge on any atom is -0.476 e. The highest BCUT2D eigenvalue weighted by Crippen LogP contribution is 2.22. The summed E-state index contributed by atoms with van der Waals surface area (Å²) in [6, 6.07) is 5.69. The van der Waals surface area contributed by atoms with Crippen molar-refractivity contribution in [2.75, 3.05) is 50.1 Å². The second-order valence-corrected chi connectivity index (χ2v) is 8.93. The Morgan fingerprint density at radius 1 is 1.06 bits per heavy atom. The predicted octanol–water partition coefficient (Wildman–Crippen LogP) is 3.50. The fraction of sp³-hybridized carbons (Fsp3) is 0.565. The van der Waals surface area contributed by atoms with E-state index in [1.54, 1.807) is 6.07 Å². The van der Waals surface area contributed by atoms with Gasteiger partial charge in [0.25, 0.3) is 0 Å². The molecule has 4 heterocycles. The number of anilines is 3. The molecule has 0 unspecified atom stereocenters. The average molecular weight is 471 g/mol. The number of rotatable bonds is 11. The lowest BCUT2D eigenvalue weighted by atomic mass is 10.1. The van der Waals surface area contributed by atoms with Crippen LogP contribution in [0.2, 0.25) is 0 Å². The van der Waals surface area contributed by atoms with Crippen molar-refractivity contribution < 1.29 is 14.0 Å². The Morgan fingerprint density at radius 2 is 1.88 bits per heavy atom. The third-order valence-electron chi connectivity index (χ3n) is 5.53. The molecule has 3 aromatic rings. The molecule has 0 bridgehead atoms. The maximum atomic E-state index is 5.98. The SMILES string of the molecule is CC(C)c1cc(CNc2nc(Nc3cc(C(C)C)[nH]n3)cc(OCCN3CCOCC3)n2)on1. The van der Waals surface area contributed by atoms with E-state index in [0.29, 0.717) is 54.2 Å². The normalized spacial score (nSPS) is 14.6. The van der Waals surface area contributed by atoms with E-state index in [1.807, 2.05) is 12.1 Å². The summed E-state index contributed by atoms with van der Waals surface area (Å²) < 4.78 is 16.8. The zero-order chi connectivity index (χ0) is 23.9. The quantitative estimate of drug-likeness (QED) is 0.383. The Labute approximate surface area is 199 Å². The van der Waals surface area contributed by atoms with Crippen molar-refractivity contribution in [3.63, 3.8) is 0 Å². The standard InChI is InChI=1S/C23H34N8O3/c1-15(2)18-12-21(29-28-18)25-20-13-22(33-10-7-31-5-8-32-9-6-31)27-23(26-20)24-14-17-11-19(16(3)4)30-34-17/h11-13,15-16H,5-10,14H2,1-4H3,(H3,24,25,26,27,28,29). The van der Waals surface area contributed by atoms with Gasteiger partial charge in [0.05, 0.1) is 25.5 Å². The molecule has 11 heteroatoms. The third-order valence-corrected chi connectivity index (χ3v) is 5.53. The number of hydrogen-bond acceptors (Lipinski definition) is 10. The Kier molecular flexibility index (Phi) is 7.96. The van der Waals surface area contributed by atoms with Gasteiger partial charge in [0.15, 0.2) is 11.6 Å². The van der Waals surface area contributed by atoms with E-state index in [1.165, 1.54) is 0 Å². The highest BCUT2D eigenvalue weighted by atomic mass is 16.5. The van der Waals surface area contributed by atoms with Crippen LogP contribution in [0.25, 0.3) is 0 Å². The predicted molar refractivity (Wildman–Crippen MR) is 129 cm³/mol. The second kappa shape index (κ2) is 11.3. The van der Waals surface area contributed by atoms with Crippen LogP contribution in [0.5, 0.6) is 5.88 Å². The first-order chi connectivity index (χ1) is 16.5. The van der Waals surface area contributed by atoms with Crippen LogP contribution >= 0.6 is 0 Å². The molecule has 3 aromatic heterocycles. The molecule has 0 aliphatic carbocycles. The van der Waals surface area contributed by atoms with Crippen LogP contribution in [-0.4, -0.2) is 69.7 Å². The summed E-state index contributed by atoms with van der Waals surface area (Å²) in [4.78, 5) is 11.4. The fourth-order valence-corrected chi connectivity index (χ4v) is 3.42. The monoisotopic (exact) mass is 470 g/mol. The van der Waals surface area contributed by atoms with Crippen LogP contribution in [0, 0.1) is 0 Å². The first kappa shape index (κ1) is 24.0. The minimum atomic E-state index is 0.303. The van der Waals surface area contributed by atoms with Gasteiger partial charge in [-0.05, 0) is 11.8 Å². The molecule has 1 saturated heterocycles. The second-order valence-electron chi connectivity index (χ2n) is 8.93. The summed E-state index contributed by atoms with van der Waals surface area (Å²) in [6.07, 6.45) is 0. The highest BCUT2D eigenvalue weighted by Gasteiger charge is 2.13. The molecule has 1 aliphatic rings. The van der Waals surface area contributed by atoms with Crippen molar-refractivity contribution in [1.29, 1.82) is 0 Å². The molecule has 0 spiro atoms. The lowest BCUT2D eigenvalue weighted by Crippen LogP contribution is -2.38. The lowest BCUT2D eigenvalue weighted by Gasteiger charge is -2.26. The Balaban J connectivity index is 1.44. The molecule has 1 aliphatic heterocycles. The zero-order valence-corrected chi connectivity index (χ0v) is 20.3. The van der Waals surface area contributed by atoms with Gasteiger partial charge in [-0.1, -0.05) is 32.9 Å². The molecule has 34 heavy (non-hydrogen) atoms. The molecule has 11 nitrogen and oxygen atoms in total. The highest BCUT2D eigenvalue weighted by molar-refractivity contribution is 5.55. The van der Waals surface area contributed by atoms with Gasteiger partial charge in [0.2, 0.25) is 11.8 Å². The Bertz CT molecular complexity index is 1040. The smallest absolute Gasteiger partial charge is 0.228 e. The van der Waals surface area contributed by atoms with Gasteiger partial charge in [-0.25, -0.2) is 0 Å². The third kappa shape index (κ3) is 6.67. The summed E-state index contributed by atoms with van der Waals surface area (Å²) in [7, 11) is 0. The topological polar surface area (TPSA) is 126 Å². The van der Waals surface area contributed by atoms with E-state index >= 15 is 0 Å². The lowest BCUT2D eigenvalue weighted by molar-refractivity contribution is 0.0320. The molecular weight excluding hydrogens is 436 g/mol. The molecule has 3 N–H and O–H groups in total. The number of H-pyrrole nitrogens is 1. The van der Waals surface area contributed by atoms with Gasteiger partial charge in [-0.3, -0.25) is 10.00 Å². The van der Waals surface area contributed by atoms with Crippen molar-refractivity contribution in [2.24, 2.45) is 0 Å². The van der Waals surface area contributed by atoms with Crippen LogP contribution in [0.1, 0.15) is 56.7 Å². The molecule has 0 radical (unpaired) electrons. The zero-order valence-electron chi connectivity index (χ0n) is 20.3. The van der Waals surface area contributed by atoms with Crippen molar-refractivity contribution >= 4 is 17.6 Å². The van der Waals surface area contributed by atoms with E-state index in [-0.39, 0.29) is 0 Å². The number of hydrogen-bond donors (Lipinski definition) is 3. The molecule has 0 amide bonds. The minimum absolute atomic E-state index is 0.303. The van der Waals surface area contributed by atoms with Gasteiger partial charge in [-0.15, -0.1) is 0 Å². The first-order valence-electron chi connectivity index (χ1n) is 11.8. The average Bonchev–Trinajstić information content (AvgIpc) is 3.48. The van der Waals surface area contributed by atoms with Crippen LogP contribution < -0.4 is 15.4 Å². The molecular formula is C23H34N8O3. The van der Waals surface area contributed by atoms with Crippen molar-refractivity contribution in [3.8, 4) is 5.88 Å². The summed E-state index contributed by atoms with van der Waals surface area (Å²) >= 11 is 0. The van der Waals surface area contributed by atoms with Crippen LogP contribution in [0.4, 0.5) is 17.6 Å². The number of nitrogens with one attached hydrogen (secondary N) is 3. The molecule has 0 saturated carbocycles. The van der Waals surface area contributed by atoms with Gasteiger partial charge in [0.1, 0.15) is 12.4 Å². The number of nitrogens with zero attached hydrogens (tertiary/aromatic N) is 5. The number of aromatic nitrogens is 5.